The molecule has 0 N–H and O–H groups in total. The smallest absolute Gasteiger partial charge is 0.255 e. The van der Waals surface area contributed by atoms with Crippen LogP contribution < -0.4 is 0 Å². The van der Waals surface area contributed by atoms with E-state index in [2.05, 4.69) is 35.5 Å². The molecule has 1 saturated carbocycles. The summed E-state index contributed by atoms with van der Waals surface area (Å²) in [5, 5.41) is 9.70. The number of piperazine rings is 1. The first-order valence-electron chi connectivity index (χ1n) is 11.3. The highest BCUT2D eigenvalue weighted by Gasteiger charge is 2.30. The Morgan fingerprint density at radius 3 is 2.33 bits per heavy atom. The molecule has 1 aliphatic carbocycles. The molecule has 2 fully saturated rings. The van der Waals surface area contributed by atoms with Crippen LogP contribution in [0.2, 0.25) is 0 Å². The maximum atomic E-state index is 13.3. The van der Waals surface area contributed by atoms with Gasteiger partial charge in [-0.3, -0.25) is 9.69 Å². The number of benzene rings is 1. The zero-order valence-corrected chi connectivity index (χ0v) is 18.2. The molecule has 1 atom stereocenters. The van der Waals surface area contributed by atoms with Crippen LogP contribution in [0.1, 0.15) is 71.5 Å². The zero-order chi connectivity index (χ0) is 21.1. The average Bonchev–Trinajstić information content (AvgIpc) is 3.09. The maximum absolute atomic E-state index is 13.3. The second-order valence-corrected chi connectivity index (χ2v) is 8.72. The Balaban J connectivity index is 1.44. The van der Waals surface area contributed by atoms with E-state index in [1.54, 1.807) is 0 Å². The molecule has 158 valence electrons. The number of nitrogens with zero attached hydrogens (tertiary/aromatic N) is 4. The summed E-state index contributed by atoms with van der Waals surface area (Å²) in [4.78, 5) is 17.5. The predicted molar refractivity (Wildman–Crippen MR) is 118 cm³/mol. The molecule has 2 heterocycles. The van der Waals surface area contributed by atoms with Crippen molar-refractivity contribution in [2.24, 2.45) is 0 Å². The van der Waals surface area contributed by atoms with Gasteiger partial charge in [0.05, 0.1) is 11.6 Å². The molecule has 30 heavy (non-hydrogen) atoms. The largest absolute Gasteiger partial charge is 0.345 e. The Bertz CT molecular complexity index is 913. The molecule has 0 spiro atoms. The molecule has 1 aromatic heterocycles. The van der Waals surface area contributed by atoms with Crippen molar-refractivity contribution in [3.05, 3.63) is 58.9 Å². The van der Waals surface area contributed by atoms with E-state index in [0.717, 1.165) is 29.9 Å². The fraction of sp³-hybridized carbons (Fsp3) is 0.520. The SMILES string of the molecule is Cc1cc(C(=O)N2CCN(C(C#N)c3ccccc3)CC2)c(C)n1C1CCCCC1. The second kappa shape index (κ2) is 9.06. The van der Waals surface area contributed by atoms with E-state index in [1.807, 2.05) is 35.2 Å². The minimum absolute atomic E-state index is 0.137. The molecule has 1 unspecified atom stereocenters. The third kappa shape index (κ3) is 4.02. The van der Waals surface area contributed by atoms with E-state index in [0.29, 0.717) is 19.1 Å². The quantitative estimate of drug-likeness (QED) is 0.746. The van der Waals surface area contributed by atoms with Gasteiger partial charge in [0.15, 0.2) is 0 Å². The standard InChI is InChI=1S/C25H32N4O/c1-19-17-23(20(2)29(19)22-11-7-4-8-12-22)25(30)28-15-13-27(14-16-28)24(18-26)21-9-5-3-6-10-21/h3,5-6,9-10,17,22,24H,4,7-8,11-16H2,1-2H3. The van der Waals surface area contributed by atoms with E-state index in [1.165, 1.54) is 37.8 Å². The van der Waals surface area contributed by atoms with E-state index in [9.17, 15) is 10.1 Å². The summed E-state index contributed by atoms with van der Waals surface area (Å²) >= 11 is 0. The lowest BCUT2D eigenvalue weighted by Gasteiger charge is -2.37. The number of aromatic nitrogens is 1. The number of hydrogen-bond donors (Lipinski definition) is 0. The molecule has 5 heteroatoms. The van der Waals surface area contributed by atoms with Crippen LogP contribution in [0.4, 0.5) is 0 Å². The van der Waals surface area contributed by atoms with Crippen molar-refractivity contribution in [3.63, 3.8) is 0 Å². The predicted octanol–water partition coefficient (Wildman–Crippen LogP) is 4.63. The van der Waals surface area contributed by atoms with Gasteiger partial charge in [-0.15, -0.1) is 0 Å². The van der Waals surface area contributed by atoms with Crippen LogP contribution in [-0.4, -0.2) is 46.5 Å². The van der Waals surface area contributed by atoms with Crippen molar-refractivity contribution in [2.45, 2.75) is 58.0 Å². The summed E-state index contributed by atoms with van der Waals surface area (Å²) in [6, 6.07) is 14.7. The molecule has 4 rings (SSSR count). The Hall–Kier alpha value is -2.58. The fourth-order valence-corrected chi connectivity index (χ4v) is 5.25. The first-order valence-corrected chi connectivity index (χ1v) is 11.3. The molecular weight excluding hydrogens is 372 g/mol. The van der Waals surface area contributed by atoms with Crippen LogP contribution >= 0.6 is 0 Å². The fourth-order valence-electron chi connectivity index (χ4n) is 5.25. The first kappa shape index (κ1) is 20.7. The number of amides is 1. The molecule has 1 amide bonds. The van der Waals surface area contributed by atoms with E-state index < -0.39 is 0 Å². The lowest BCUT2D eigenvalue weighted by molar-refractivity contribution is 0.0605. The Labute approximate surface area is 179 Å². The number of carbonyl (C=O) groups excluding carboxylic acids is 1. The topological polar surface area (TPSA) is 52.3 Å². The van der Waals surface area contributed by atoms with Crippen LogP contribution in [-0.2, 0) is 0 Å². The van der Waals surface area contributed by atoms with Crippen LogP contribution in [0, 0.1) is 25.2 Å². The van der Waals surface area contributed by atoms with Gasteiger partial charge in [-0.2, -0.15) is 5.26 Å². The molecule has 1 saturated heterocycles. The summed E-state index contributed by atoms with van der Waals surface area (Å²) in [5.74, 6) is 0.137. The van der Waals surface area contributed by atoms with Crippen molar-refractivity contribution in [2.75, 3.05) is 26.2 Å². The van der Waals surface area contributed by atoms with Crippen molar-refractivity contribution < 1.29 is 4.79 Å². The third-order valence-electron chi connectivity index (χ3n) is 6.86. The van der Waals surface area contributed by atoms with Gasteiger partial charge in [0.1, 0.15) is 6.04 Å². The number of rotatable bonds is 4. The van der Waals surface area contributed by atoms with Gasteiger partial charge in [-0.25, -0.2) is 0 Å². The molecule has 1 aliphatic heterocycles. The normalized spacial score (nSPS) is 19.4. The van der Waals surface area contributed by atoms with E-state index in [4.69, 9.17) is 0 Å². The molecule has 1 aromatic carbocycles. The summed E-state index contributed by atoms with van der Waals surface area (Å²) in [5.41, 5.74) is 4.20. The lowest BCUT2D eigenvalue weighted by Crippen LogP contribution is -2.49. The van der Waals surface area contributed by atoms with Crippen LogP contribution in [0.25, 0.3) is 0 Å². The van der Waals surface area contributed by atoms with Gasteiger partial charge in [0, 0.05) is 43.6 Å². The van der Waals surface area contributed by atoms with Gasteiger partial charge >= 0.3 is 0 Å². The van der Waals surface area contributed by atoms with Crippen molar-refractivity contribution in [3.8, 4) is 6.07 Å². The number of aryl methyl sites for hydroxylation is 1. The highest BCUT2D eigenvalue weighted by atomic mass is 16.2. The van der Waals surface area contributed by atoms with Crippen molar-refractivity contribution >= 4 is 5.91 Å². The molecule has 2 aliphatic rings. The maximum Gasteiger partial charge on any atom is 0.255 e. The van der Waals surface area contributed by atoms with Gasteiger partial charge in [0.25, 0.3) is 5.91 Å². The molecule has 0 radical (unpaired) electrons. The van der Waals surface area contributed by atoms with E-state index in [-0.39, 0.29) is 11.9 Å². The Morgan fingerprint density at radius 2 is 1.70 bits per heavy atom. The summed E-state index contributed by atoms with van der Waals surface area (Å²) in [6.07, 6.45) is 6.34. The van der Waals surface area contributed by atoms with E-state index >= 15 is 0 Å². The molecule has 2 aromatic rings. The number of nitriles is 1. The Kier molecular flexibility index (Phi) is 6.24. The zero-order valence-electron chi connectivity index (χ0n) is 18.2. The van der Waals surface area contributed by atoms with Gasteiger partial charge in [0.2, 0.25) is 0 Å². The van der Waals surface area contributed by atoms with Crippen LogP contribution in [0.15, 0.2) is 36.4 Å². The minimum atomic E-state index is -0.250. The monoisotopic (exact) mass is 404 g/mol. The van der Waals surface area contributed by atoms with Gasteiger partial charge in [-0.1, -0.05) is 49.6 Å². The molecule has 5 nitrogen and oxygen atoms in total. The number of hydrogen-bond acceptors (Lipinski definition) is 3. The highest BCUT2D eigenvalue weighted by Crippen LogP contribution is 2.32. The Morgan fingerprint density at radius 1 is 1.03 bits per heavy atom. The van der Waals surface area contributed by atoms with Gasteiger partial charge in [-0.05, 0) is 38.3 Å². The first-order chi connectivity index (χ1) is 14.6. The summed E-state index contributed by atoms with van der Waals surface area (Å²) in [6.45, 7) is 7.01. The van der Waals surface area contributed by atoms with Crippen molar-refractivity contribution in [1.29, 1.82) is 5.26 Å². The van der Waals surface area contributed by atoms with Crippen molar-refractivity contribution in [1.82, 2.24) is 14.4 Å². The van der Waals surface area contributed by atoms with Crippen LogP contribution in [0.3, 0.4) is 0 Å². The van der Waals surface area contributed by atoms with Crippen LogP contribution in [0.5, 0.6) is 0 Å². The lowest BCUT2D eigenvalue weighted by atomic mass is 9.95. The average molecular weight is 405 g/mol. The minimum Gasteiger partial charge on any atom is -0.345 e. The third-order valence-corrected chi connectivity index (χ3v) is 6.86. The molecular formula is C25H32N4O. The van der Waals surface area contributed by atoms with Gasteiger partial charge < -0.3 is 9.47 Å². The number of carbonyl (C=O) groups is 1. The highest BCUT2D eigenvalue weighted by molar-refractivity contribution is 5.95. The summed E-state index contributed by atoms with van der Waals surface area (Å²) in [7, 11) is 0. The second-order valence-electron chi connectivity index (χ2n) is 8.72. The summed E-state index contributed by atoms with van der Waals surface area (Å²) < 4.78 is 2.41. The molecule has 0 bridgehead atoms.